The second kappa shape index (κ2) is 5.16. The van der Waals surface area contributed by atoms with E-state index in [2.05, 4.69) is 47.1 Å². The van der Waals surface area contributed by atoms with Gasteiger partial charge in [-0.05, 0) is 37.7 Å². The average molecular weight is 267 g/mol. The molecule has 2 rings (SSSR count). The monoisotopic (exact) mass is 266 g/mol. The van der Waals surface area contributed by atoms with E-state index in [0.717, 1.165) is 10.7 Å². The predicted octanol–water partition coefficient (Wildman–Crippen LogP) is 4.81. The van der Waals surface area contributed by atoms with Crippen LogP contribution in [0.25, 0.3) is 0 Å². The molecule has 0 bridgehead atoms. The van der Waals surface area contributed by atoms with Crippen molar-refractivity contribution in [2.24, 2.45) is 0 Å². The van der Waals surface area contributed by atoms with Gasteiger partial charge in [-0.3, -0.25) is 0 Å². The molecule has 0 spiro atoms. The van der Waals surface area contributed by atoms with Crippen molar-refractivity contribution in [2.45, 2.75) is 49.8 Å². The number of hydrogen-bond acceptors (Lipinski definition) is 0. The lowest BCUT2D eigenvalue weighted by Crippen LogP contribution is -2.03. The van der Waals surface area contributed by atoms with E-state index in [0.29, 0.717) is 0 Å². The summed E-state index contributed by atoms with van der Waals surface area (Å²) in [5.41, 5.74) is 2.90. The van der Waals surface area contributed by atoms with Crippen LogP contribution in [0, 0.1) is 6.92 Å². The van der Waals surface area contributed by atoms with Gasteiger partial charge in [0.15, 0.2) is 0 Å². The van der Waals surface area contributed by atoms with Crippen LogP contribution in [0.5, 0.6) is 0 Å². The van der Waals surface area contributed by atoms with Gasteiger partial charge in [0.1, 0.15) is 0 Å². The summed E-state index contributed by atoms with van der Waals surface area (Å²) in [6.45, 7) is 2.16. The van der Waals surface area contributed by atoms with Crippen molar-refractivity contribution in [2.75, 3.05) is 0 Å². The molecule has 1 aliphatic rings. The highest BCUT2D eigenvalue weighted by molar-refractivity contribution is 9.09. The Bertz CT molecular complexity index is 302. The molecule has 0 aliphatic heterocycles. The van der Waals surface area contributed by atoms with Gasteiger partial charge in [0.05, 0.1) is 0 Å². The molecule has 2 atom stereocenters. The van der Waals surface area contributed by atoms with Crippen LogP contribution in [0.3, 0.4) is 0 Å². The van der Waals surface area contributed by atoms with E-state index < -0.39 is 0 Å². The summed E-state index contributed by atoms with van der Waals surface area (Å²) in [5, 5.41) is 0. The first-order valence-electron chi connectivity index (χ1n) is 5.96. The number of alkyl halides is 1. The van der Waals surface area contributed by atoms with Gasteiger partial charge in [-0.2, -0.15) is 0 Å². The molecule has 0 heterocycles. The molecule has 1 saturated carbocycles. The molecule has 1 aliphatic carbocycles. The lowest BCUT2D eigenvalue weighted by Gasteiger charge is -2.16. The van der Waals surface area contributed by atoms with Crippen molar-refractivity contribution in [3.8, 4) is 0 Å². The third-order valence-corrected chi connectivity index (χ3v) is 4.24. The fraction of sp³-hybridized carbons (Fsp3) is 0.571. The maximum atomic E-state index is 3.79. The van der Waals surface area contributed by atoms with Crippen molar-refractivity contribution in [1.29, 1.82) is 0 Å². The van der Waals surface area contributed by atoms with Gasteiger partial charge in [0.2, 0.25) is 0 Å². The summed E-state index contributed by atoms with van der Waals surface area (Å²) < 4.78 is 0. The Hall–Kier alpha value is -0.300. The molecule has 82 valence electrons. The van der Waals surface area contributed by atoms with Crippen LogP contribution in [0.2, 0.25) is 0 Å². The number of rotatable bonds is 1. The van der Waals surface area contributed by atoms with E-state index >= 15 is 0 Å². The molecule has 0 N–H and O–H groups in total. The smallest absolute Gasteiger partial charge is 0.0151 e. The van der Waals surface area contributed by atoms with Crippen molar-refractivity contribution in [3.05, 3.63) is 35.4 Å². The molecule has 1 fully saturated rings. The highest BCUT2D eigenvalue weighted by Crippen LogP contribution is 2.34. The van der Waals surface area contributed by atoms with Gasteiger partial charge in [-0.1, -0.05) is 58.6 Å². The first-order chi connectivity index (χ1) is 7.25. The van der Waals surface area contributed by atoms with Crippen molar-refractivity contribution in [1.82, 2.24) is 0 Å². The van der Waals surface area contributed by atoms with Crippen molar-refractivity contribution < 1.29 is 0 Å². The lowest BCUT2D eigenvalue weighted by atomic mass is 9.91. The van der Waals surface area contributed by atoms with E-state index in [-0.39, 0.29) is 0 Å². The van der Waals surface area contributed by atoms with E-state index in [1.54, 1.807) is 0 Å². The van der Waals surface area contributed by atoms with Crippen LogP contribution in [0.15, 0.2) is 24.3 Å². The molecule has 0 nitrogen and oxygen atoms in total. The maximum absolute atomic E-state index is 3.79. The molecule has 0 amide bonds. The highest BCUT2D eigenvalue weighted by atomic mass is 79.9. The normalized spacial score (nSPS) is 27.3. The Morgan fingerprint density at radius 3 is 2.47 bits per heavy atom. The van der Waals surface area contributed by atoms with Crippen LogP contribution < -0.4 is 0 Å². The second-order valence-corrected chi connectivity index (χ2v) is 6.02. The molecule has 2 unspecified atom stereocenters. The molecule has 0 saturated heterocycles. The molecule has 0 radical (unpaired) electrons. The molecule has 1 aromatic carbocycles. The minimum atomic E-state index is 0.728. The quantitative estimate of drug-likeness (QED) is 0.506. The zero-order valence-corrected chi connectivity index (χ0v) is 11.0. The molecule has 1 aromatic rings. The Kier molecular flexibility index (Phi) is 3.85. The zero-order chi connectivity index (χ0) is 10.7. The first kappa shape index (κ1) is 11.2. The standard InChI is InChI=1S/C14H19Br/c1-11-6-8-12(9-7-11)13-4-2-3-5-14(15)10-13/h6-9,13-14H,2-5,10H2,1H3. The number of aryl methyl sites for hydroxylation is 1. The predicted molar refractivity (Wildman–Crippen MR) is 69.7 cm³/mol. The second-order valence-electron chi connectivity index (χ2n) is 4.73. The van der Waals surface area contributed by atoms with Gasteiger partial charge >= 0.3 is 0 Å². The summed E-state index contributed by atoms with van der Waals surface area (Å²) in [5.74, 6) is 0.775. The fourth-order valence-corrected chi connectivity index (χ4v) is 3.22. The maximum Gasteiger partial charge on any atom is 0.0151 e. The van der Waals surface area contributed by atoms with Gasteiger partial charge in [-0.25, -0.2) is 0 Å². The Labute approximate surface area is 101 Å². The van der Waals surface area contributed by atoms with E-state index in [1.807, 2.05) is 0 Å². The fourth-order valence-electron chi connectivity index (χ4n) is 2.44. The van der Waals surface area contributed by atoms with Crippen LogP contribution in [-0.2, 0) is 0 Å². The molecular formula is C14H19Br. The third kappa shape index (κ3) is 3.07. The van der Waals surface area contributed by atoms with Gasteiger partial charge in [0, 0.05) is 4.83 Å². The largest absolute Gasteiger partial charge is 0.0890 e. The van der Waals surface area contributed by atoms with Crippen molar-refractivity contribution in [3.63, 3.8) is 0 Å². The van der Waals surface area contributed by atoms with E-state index in [9.17, 15) is 0 Å². The molecule has 15 heavy (non-hydrogen) atoms. The van der Waals surface area contributed by atoms with Gasteiger partial charge in [0.25, 0.3) is 0 Å². The number of halogens is 1. The Morgan fingerprint density at radius 2 is 1.73 bits per heavy atom. The summed E-state index contributed by atoms with van der Waals surface area (Å²) in [7, 11) is 0. The molecule has 0 aromatic heterocycles. The lowest BCUT2D eigenvalue weighted by molar-refractivity contribution is 0.600. The highest BCUT2D eigenvalue weighted by Gasteiger charge is 2.19. The summed E-state index contributed by atoms with van der Waals surface area (Å²) in [6, 6.07) is 9.10. The minimum Gasteiger partial charge on any atom is -0.0890 e. The zero-order valence-electron chi connectivity index (χ0n) is 9.38. The van der Waals surface area contributed by atoms with Crippen LogP contribution >= 0.6 is 15.9 Å². The Balaban J connectivity index is 2.11. The van der Waals surface area contributed by atoms with Crippen molar-refractivity contribution >= 4 is 15.9 Å². The third-order valence-electron chi connectivity index (χ3n) is 3.41. The van der Waals surface area contributed by atoms with E-state index in [4.69, 9.17) is 0 Å². The SMILES string of the molecule is Cc1ccc(C2CCCCC(Br)C2)cc1. The average Bonchev–Trinajstić information content (AvgIpc) is 2.44. The Morgan fingerprint density at radius 1 is 1.07 bits per heavy atom. The minimum absolute atomic E-state index is 0.728. The topological polar surface area (TPSA) is 0 Å². The van der Waals surface area contributed by atoms with Gasteiger partial charge in [-0.15, -0.1) is 0 Å². The van der Waals surface area contributed by atoms with Gasteiger partial charge < -0.3 is 0 Å². The number of benzene rings is 1. The van der Waals surface area contributed by atoms with Crippen LogP contribution in [-0.4, -0.2) is 4.83 Å². The van der Waals surface area contributed by atoms with E-state index in [1.165, 1.54) is 43.2 Å². The first-order valence-corrected chi connectivity index (χ1v) is 6.88. The summed E-state index contributed by atoms with van der Waals surface area (Å²) in [4.78, 5) is 0.728. The van der Waals surface area contributed by atoms with Crippen LogP contribution in [0.1, 0.15) is 49.1 Å². The number of hydrogen-bond donors (Lipinski definition) is 0. The molecule has 1 heteroatoms. The summed E-state index contributed by atoms with van der Waals surface area (Å²) in [6.07, 6.45) is 6.80. The summed E-state index contributed by atoms with van der Waals surface area (Å²) >= 11 is 3.79. The molecular weight excluding hydrogens is 248 g/mol. The van der Waals surface area contributed by atoms with Crippen LogP contribution in [0.4, 0.5) is 0 Å².